The molecule has 0 aliphatic carbocycles. The van der Waals surface area contributed by atoms with Crippen LogP contribution < -0.4 is 0 Å². The molecule has 2 N–H and O–H groups in total. The van der Waals surface area contributed by atoms with Crippen LogP contribution >= 0.6 is 0 Å². The van der Waals surface area contributed by atoms with Crippen molar-refractivity contribution in [2.24, 2.45) is 5.92 Å². The minimum atomic E-state index is -0.851. The van der Waals surface area contributed by atoms with Gasteiger partial charge in [-0.3, -0.25) is 4.79 Å². The van der Waals surface area contributed by atoms with Gasteiger partial charge in [-0.05, 0) is 23.1 Å². The Morgan fingerprint density at radius 2 is 1.71 bits per heavy atom. The van der Waals surface area contributed by atoms with Crippen molar-refractivity contribution in [3.05, 3.63) is 60.2 Å². The standard InChI is InChI=1S/C18H19NO2/c1-13(18(20)21)11-16(19)12-15-9-5-6-10-17(15)14-7-3-2-4-8-14/h2-10,13,19H,11-12H2,1H3,(H,20,21)/t13-/m0/s1. The monoisotopic (exact) mass is 281 g/mol. The Morgan fingerprint density at radius 1 is 1.10 bits per heavy atom. The number of rotatable bonds is 6. The molecule has 0 aliphatic rings. The zero-order valence-corrected chi connectivity index (χ0v) is 12.0. The fraction of sp³-hybridized carbons (Fsp3) is 0.222. The molecule has 0 fully saturated rings. The second-order valence-electron chi connectivity index (χ2n) is 5.25. The van der Waals surface area contributed by atoms with Crippen LogP contribution in [0.3, 0.4) is 0 Å². The van der Waals surface area contributed by atoms with Gasteiger partial charge in [0.25, 0.3) is 0 Å². The summed E-state index contributed by atoms with van der Waals surface area (Å²) >= 11 is 0. The Hall–Kier alpha value is -2.42. The van der Waals surface area contributed by atoms with Gasteiger partial charge in [0, 0.05) is 12.1 Å². The van der Waals surface area contributed by atoms with Gasteiger partial charge in [-0.25, -0.2) is 0 Å². The normalized spacial score (nSPS) is 11.9. The first kappa shape index (κ1) is 15.0. The summed E-state index contributed by atoms with van der Waals surface area (Å²) in [5.74, 6) is -1.36. The molecule has 2 aromatic carbocycles. The summed E-state index contributed by atoms with van der Waals surface area (Å²) in [7, 11) is 0. The van der Waals surface area contributed by atoms with Crippen molar-refractivity contribution >= 4 is 11.7 Å². The van der Waals surface area contributed by atoms with Crippen LogP contribution in [0.25, 0.3) is 11.1 Å². The summed E-state index contributed by atoms with van der Waals surface area (Å²) in [4.78, 5) is 10.9. The summed E-state index contributed by atoms with van der Waals surface area (Å²) in [6.07, 6.45) is 0.779. The van der Waals surface area contributed by atoms with Crippen molar-refractivity contribution < 1.29 is 9.90 Å². The molecule has 0 unspecified atom stereocenters. The molecule has 0 saturated heterocycles. The maximum absolute atomic E-state index is 10.9. The van der Waals surface area contributed by atoms with E-state index in [9.17, 15) is 4.79 Å². The van der Waals surface area contributed by atoms with Crippen LogP contribution in [0.2, 0.25) is 0 Å². The van der Waals surface area contributed by atoms with Gasteiger partial charge in [0.1, 0.15) is 0 Å². The van der Waals surface area contributed by atoms with E-state index in [1.54, 1.807) is 6.92 Å². The SMILES string of the molecule is C[C@@H](CC(=N)Cc1ccccc1-c1ccccc1)C(=O)O. The fourth-order valence-electron chi connectivity index (χ4n) is 2.33. The molecule has 0 spiro atoms. The number of aliphatic carboxylic acids is 1. The second kappa shape index (κ2) is 6.84. The number of hydrogen-bond acceptors (Lipinski definition) is 2. The molecule has 0 amide bonds. The molecule has 0 bridgehead atoms. The van der Waals surface area contributed by atoms with Gasteiger partial charge in [-0.1, -0.05) is 61.5 Å². The average Bonchev–Trinajstić information content (AvgIpc) is 2.48. The predicted molar refractivity (Wildman–Crippen MR) is 84.7 cm³/mol. The van der Waals surface area contributed by atoms with Crippen LogP contribution in [0.4, 0.5) is 0 Å². The highest BCUT2D eigenvalue weighted by Gasteiger charge is 2.14. The number of benzene rings is 2. The summed E-state index contributed by atoms with van der Waals surface area (Å²) in [5.41, 5.74) is 3.73. The molecule has 0 saturated carbocycles. The molecular weight excluding hydrogens is 262 g/mol. The van der Waals surface area contributed by atoms with E-state index in [1.807, 2.05) is 54.6 Å². The summed E-state index contributed by atoms with van der Waals surface area (Å²) in [6, 6.07) is 18.0. The van der Waals surface area contributed by atoms with Gasteiger partial charge in [-0.2, -0.15) is 0 Å². The van der Waals surface area contributed by atoms with E-state index in [4.69, 9.17) is 10.5 Å². The maximum atomic E-state index is 10.9. The quantitative estimate of drug-likeness (QED) is 0.785. The van der Waals surface area contributed by atoms with Crippen LogP contribution in [-0.2, 0) is 11.2 Å². The molecule has 108 valence electrons. The van der Waals surface area contributed by atoms with E-state index in [2.05, 4.69) is 0 Å². The zero-order chi connectivity index (χ0) is 15.2. The lowest BCUT2D eigenvalue weighted by molar-refractivity contribution is -0.140. The van der Waals surface area contributed by atoms with Gasteiger partial charge >= 0.3 is 5.97 Å². The zero-order valence-electron chi connectivity index (χ0n) is 12.0. The van der Waals surface area contributed by atoms with Crippen molar-refractivity contribution in [3.8, 4) is 11.1 Å². The van der Waals surface area contributed by atoms with Crippen LogP contribution in [0.15, 0.2) is 54.6 Å². The van der Waals surface area contributed by atoms with Gasteiger partial charge in [0.2, 0.25) is 0 Å². The summed E-state index contributed by atoms with van der Waals surface area (Å²) in [6.45, 7) is 1.64. The highest BCUT2D eigenvalue weighted by Crippen LogP contribution is 2.24. The first-order valence-electron chi connectivity index (χ1n) is 7.00. The molecule has 0 aromatic heterocycles. The van der Waals surface area contributed by atoms with E-state index >= 15 is 0 Å². The number of hydrogen-bond donors (Lipinski definition) is 2. The van der Waals surface area contributed by atoms with Gasteiger partial charge in [-0.15, -0.1) is 0 Å². The Kier molecular flexibility index (Phi) is 4.88. The third-order valence-electron chi connectivity index (χ3n) is 3.48. The molecule has 0 radical (unpaired) electrons. The smallest absolute Gasteiger partial charge is 0.306 e. The molecule has 3 nitrogen and oxygen atoms in total. The number of carbonyl (C=O) groups is 1. The molecule has 0 aliphatic heterocycles. The Labute approximate surface area is 124 Å². The van der Waals surface area contributed by atoms with Crippen LogP contribution in [0.5, 0.6) is 0 Å². The minimum Gasteiger partial charge on any atom is -0.481 e. The predicted octanol–water partition coefficient (Wildman–Crippen LogP) is 4.03. The number of nitrogens with one attached hydrogen (secondary N) is 1. The molecule has 2 aromatic rings. The lowest BCUT2D eigenvalue weighted by Crippen LogP contribution is -2.15. The number of carboxylic acid groups (broad SMARTS) is 1. The largest absolute Gasteiger partial charge is 0.481 e. The van der Waals surface area contributed by atoms with E-state index in [-0.39, 0.29) is 0 Å². The lowest BCUT2D eigenvalue weighted by Gasteiger charge is -2.12. The molecule has 1 atom stereocenters. The van der Waals surface area contributed by atoms with Crippen molar-refractivity contribution in [2.75, 3.05) is 0 Å². The average molecular weight is 281 g/mol. The first-order chi connectivity index (χ1) is 10.1. The first-order valence-corrected chi connectivity index (χ1v) is 7.00. The van der Waals surface area contributed by atoms with E-state index < -0.39 is 11.9 Å². The van der Waals surface area contributed by atoms with E-state index in [0.29, 0.717) is 18.6 Å². The van der Waals surface area contributed by atoms with Crippen molar-refractivity contribution in [1.82, 2.24) is 0 Å². The van der Waals surface area contributed by atoms with Crippen LogP contribution in [-0.4, -0.2) is 16.8 Å². The van der Waals surface area contributed by atoms with Crippen molar-refractivity contribution in [2.45, 2.75) is 19.8 Å². The van der Waals surface area contributed by atoms with Crippen LogP contribution in [0, 0.1) is 11.3 Å². The Balaban J connectivity index is 2.18. The molecule has 21 heavy (non-hydrogen) atoms. The number of carboxylic acids is 1. The topological polar surface area (TPSA) is 61.2 Å². The van der Waals surface area contributed by atoms with Crippen molar-refractivity contribution in [1.29, 1.82) is 5.41 Å². The third kappa shape index (κ3) is 4.02. The third-order valence-corrected chi connectivity index (χ3v) is 3.48. The fourth-order valence-corrected chi connectivity index (χ4v) is 2.33. The molecule has 0 heterocycles. The molecule has 2 rings (SSSR count). The molecular formula is C18H19NO2. The lowest BCUT2D eigenvalue weighted by atomic mass is 9.93. The highest BCUT2D eigenvalue weighted by atomic mass is 16.4. The van der Waals surface area contributed by atoms with Gasteiger partial charge in [0.05, 0.1) is 5.92 Å². The second-order valence-corrected chi connectivity index (χ2v) is 5.25. The van der Waals surface area contributed by atoms with E-state index in [1.165, 1.54) is 0 Å². The Morgan fingerprint density at radius 3 is 2.38 bits per heavy atom. The van der Waals surface area contributed by atoms with Gasteiger partial charge in [0.15, 0.2) is 0 Å². The van der Waals surface area contributed by atoms with E-state index in [0.717, 1.165) is 16.7 Å². The highest BCUT2D eigenvalue weighted by molar-refractivity contribution is 5.89. The Bertz CT molecular complexity index is 635. The molecule has 3 heteroatoms. The van der Waals surface area contributed by atoms with Crippen molar-refractivity contribution in [3.63, 3.8) is 0 Å². The van der Waals surface area contributed by atoms with Crippen LogP contribution in [0.1, 0.15) is 18.9 Å². The maximum Gasteiger partial charge on any atom is 0.306 e. The summed E-state index contributed by atoms with van der Waals surface area (Å²) < 4.78 is 0. The minimum absolute atomic E-state index is 0.290. The van der Waals surface area contributed by atoms with Gasteiger partial charge < -0.3 is 10.5 Å². The summed E-state index contributed by atoms with van der Waals surface area (Å²) in [5, 5.41) is 17.0.